The summed E-state index contributed by atoms with van der Waals surface area (Å²) in [6.45, 7) is 6.22. The summed E-state index contributed by atoms with van der Waals surface area (Å²) in [7, 11) is 0. The van der Waals surface area contributed by atoms with Crippen molar-refractivity contribution in [3.8, 4) is 11.3 Å². The molecule has 1 heterocycles. The Labute approximate surface area is 128 Å². The Bertz CT molecular complexity index is 627. The van der Waals surface area contributed by atoms with Gasteiger partial charge in [-0.3, -0.25) is 4.79 Å². The van der Waals surface area contributed by atoms with Crippen LogP contribution in [0.2, 0.25) is 0 Å². The summed E-state index contributed by atoms with van der Waals surface area (Å²) in [5.41, 5.74) is 4.10. The Morgan fingerprint density at radius 2 is 1.90 bits per heavy atom. The number of nitrogens with zero attached hydrogens (tertiary/aromatic N) is 2. The second-order valence-corrected chi connectivity index (χ2v) is 5.64. The molecular formula is C16H18N2O2S. The maximum Gasteiger partial charge on any atom is 0.316 e. The van der Waals surface area contributed by atoms with Gasteiger partial charge in [-0.2, -0.15) is 0 Å². The van der Waals surface area contributed by atoms with Crippen molar-refractivity contribution in [2.75, 3.05) is 12.4 Å². The molecule has 2 rings (SSSR count). The molecule has 1 aromatic carbocycles. The lowest BCUT2D eigenvalue weighted by atomic mass is 10.1. The molecule has 0 aliphatic carbocycles. The van der Waals surface area contributed by atoms with Crippen molar-refractivity contribution in [1.82, 2.24) is 10.2 Å². The van der Waals surface area contributed by atoms with Crippen molar-refractivity contribution in [2.45, 2.75) is 25.8 Å². The Balaban J connectivity index is 2.10. The zero-order valence-electron chi connectivity index (χ0n) is 12.4. The highest BCUT2D eigenvalue weighted by Gasteiger charge is 2.09. The number of carbonyl (C=O) groups is 1. The van der Waals surface area contributed by atoms with Crippen LogP contribution in [0.3, 0.4) is 0 Å². The van der Waals surface area contributed by atoms with Gasteiger partial charge in [-0.1, -0.05) is 41.6 Å². The van der Waals surface area contributed by atoms with Gasteiger partial charge in [0.2, 0.25) is 0 Å². The van der Waals surface area contributed by atoms with Gasteiger partial charge >= 0.3 is 5.97 Å². The number of aromatic nitrogens is 2. The van der Waals surface area contributed by atoms with Crippen molar-refractivity contribution in [3.05, 3.63) is 41.5 Å². The fourth-order valence-electron chi connectivity index (χ4n) is 1.81. The molecule has 5 heteroatoms. The molecule has 110 valence electrons. The monoisotopic (exact) mass is 302 g/mol. The highest BCUT2D eigenvalue weighted by Crippen LogP contribution is 2.24. The lowest BCUT2D eigenvalue weighted by molar-refractivity contribution is -0.139. The third-order valence-electron chi connectivity index (χ3n) is 2.92. The lowest BCUT2D eigenvalue weighted by Gasteiger charge is -2.06. The summed E-state index contributed by atoms with van der Waals surface area (Å²) in [5, 5.41) is 9.22. The molecule has 0 aliphatic heterocycles. The fraction of sp³-hybridized carbons (Fsp3) is 0.312. The smallest absolute Gasteiger partial charge is 0.316 e. The molecule has 0 radical (unpaired) electrons. The topological polar surface area (TPSA) is 52.1 Å². The number of esters is 1. The molecule has 0 fully saturated rings. The van der Waals surface area contributed by atoms with Gasteiger partial charge in [0.25, 0.3) is 0 Å². The van der Waals surface area contributed by atoms with Crippen molar-refractivity contribution < 1.29 is 9.53 Å². The molecular weight excluding hydrogens is 284 g/mol. The Hall–Kier alpha value is -1.88. The van der Waals surface area contributed by atoms with Crippen LogP contribution in [0, 0.1) is 13.8 Å². The summed E-state index contributed by atoms with van der Waals surface area (Å²) < 4.78 is 4.90. The Kier molecular flexibility index (Phi) is 5.33. The van der Waals surface area contributed by atoms with Gasteiger partial charge in [0.05, 0.1) is 18.1 Å². The summed E-state index contributed by atoms with van der Waals surface area (Å²) >= 11 is 1.35. The highest BCUT2D eigenvalue weighted by molar-refractivity contribution is 7.99. The zero-order chi connectivity index (χ0) is 15.2. The molecule has 0 atom stereocenters. The van der Waals surface area contributed by atoms with E-state index in [1.165, 1.54) is 17.3 Å². The van der Waals surface area contributed by atoms with Gasteiger partial charge in [0, 0.05) is 5.56 Å². The van der Waals surface area contributed by atoms with Gasteiger partial charge in [-0.15, -0.1) is 10.2 Å². The zero-order valence-corrected chi connectivity index (χ0v) is 13.2. The second-order valence-electron chi connectivity index (χ2n) is 4.68. The van der Waals surface area contributed by atoms with E-state index in [-0.39, 0.29) is 11.7 Å². The molecule has 0 N–H and O–H groups in total. The SMILES string of the molecule is CCOC(=O)CSc1nnc(-c2ccc(C)cc2)cc1C. The quantitative estimate of drug-likeness (QED) is 0.626. The average Bonchev–Trinajstić information content (AvgIpc) is 2.47. The maximum absolute atomic E-state index is 11.4. The number of rotatable bonds is 5. The van der Waals surface area contributed by atoms with E-state index in [0.29, 0.717) is 6.61 Å². The van der Waals surface area contributed by atoms with Crippen LogP contribution in [-0.4, -0.2) is 28.5 Å². The third kappa shape index (κ3) is 4.29. The number of aryl methyl sites for hydroxylation is 2. The molecule has 0 aliphatic rings. The van der Waals surface area contributed by atoms with E-state index in [1.807, 2.05) is 25.1 Å². The van der Waals surface area contributed by atoms with Crippen LogP contribution in [0.25, 0.3) is 11.3 Å². The number of hydrogen-bond acceptors (Lipinski definition) is 5. The highest BCUT2D eigenvalue weighted by atomic mass is 32.2. The van der Waals surface area contributed by atoms with Crippen molar-refractivity contribution in [3.63, 3.8) is 0 Å². The molecule has 0 unspecified atom stereocenters. The van der Waals surface area contributed by atoms with E-state index in [4.69, 9.17) is 4.74 Å². The summed E-state index contributed by atoms with van der Waals surface area (Å²) in [4.78, 5) is 11.4. The van der Waals surface area contributed by atoms with Crippen LogP contribution < -0.4 is 0 Å². The van der Waals surface area contributed by atoms with Crippen molar-refractivity contribution in [1.29, 1.82) is 0 Å². The van der Waals surface area contributed by atoms with E-state index in [2.05, 4.69) is 29.3 Å². The van der Waals surface area contributed by atoms with Crippen LogP contribution in [0.15, 0.2) is 35.4 Å². The van der Waals surface area contributed by atoms with E-state index in [9.17, 15) is 4.79 Å². The predicted molar refractivity (Wildman–Crippen MR) is 84.3 cm³/mol. The van der Waals surface area contributed by atoms with E-state index in [0.717, 1.165) is 21.8 Å². The minimum absolute atomic E-state index is 0.230. The molecule has 0 bridgehead atoms. The van der Waals surface area contributed by atoms with Crippen LogP contribution in [0.5, 0.6) is 0 Å². The average molecular weight is 302 g/mol. The molecule has 0 saturated carbocycles. The summed E-state index contributed by atoms with van der Waals surface area (Å²) in [6, 6.07) is 10.2. The molecule has 2 aromatic rings. The molecule has 21 heavy (non-hydrogen) atoms. The fourth-order valence-corrected chi connectivity index (χ4v) is 2.53. The molecule has 0 spiro atoms. The minimum Gasteiger partial charge on any atom is -0.465 e. The second kappa shape index (κ2) is 7.22. The summed E-state index contributed by atoms with van der Waals surface area (Å²) in [6.07, 6.45) is 0. The first-order valence-corrected chi connectivity index (χ1v) is 7.78. The molecule has 1 aromatic heterocycles. The molecule has 0 amide bonds. The molecule has 4 nitrogen and oxygen atoms in total. The van der Waals surface area contributed by atoms with Crippen LogP contribution in [0.4, 0.5) is 0 Å². The first-order valence-electron chi connectivity index (χ1n) is 6.80. The molecule has 0 saturated heterocycles. The lowest BCUT2D eigenvalue weighted by Crippen LogP contribution is -2.07. The van der Waals surface area contributed by atoms with Crippen LogP contribution in [-0.2, 0) is 9.53 Å². The van der Waals surface area contributed by atoms with Gasteiger partial charge in [-0.25, -0.2) is 0 Å². The summed E-state index contributed by atoms with van der Waals surface area (Å²) in [5.74, 6) is 0.0269. The largest absolute Gasteiger partial charge is 0.465 e. The van der Waals surface area contributed by atoms with E-state index in [1.54, 1.807) is 6.92 Å². The van der Waals surface area contributed by atoms with Crippen LogP contribution in [0.1, 0.15) is 18.1 Å². The van der Waals surface area contributed by atoms with E-state index >= 15 is 0 Å². The third-order valence-corrected chi connectivity index (χ3v) is 3.98. The first kappa shape index (κ1) is 15.5. The standard InChI is InChI=1S/C16H18N2O2S/c1-4-20-15(19)10-21-16-12(3)9-14(17-18-16)13-7-5-11(2)6-8-13/h5-9H,4,10H2,1-3H3. The Morgan fingerprint density at radius 3 is 2.52 bits per heavy atom. The first-order chi connectivity index (χ1) is 10.1. The minimum atomic E-state index is -0.230. The normalized spacial score (nSPS) is 10.4. The number of carbonyl (C=O) groups excluding carboxylic acids is 1. The van der Waals surface area contributed by atoms with Crippen molar-refractivity contribution in [2.24, 2.45) is 0 Å². The van der Waals surface area contributed by atoms with Gasteiger partial charge in [-0.05, 0) is 32.4 Å². The number of thioether (sulfide) groups is 1. The Morgan fingerprint density at radius 1 is 1.19 bits per heavy atom. The van der Waals surface area contributed by atoms with Gasteiger partial charge < -0.3 is 4.74 Å². The van der Waals surface area contributed by atoms with Crippen molar-refractivity contribution >= 4 is 17.7 Å². The predicted octanol–water partition coefficient (Wildman–Crippen LogP) is 3.42. The number of ether oxygens (including phenoxy) is 1. The van der Waals surface area contributed by atoms with E-state index < -0.39 is 0 Å². The number of hydrogen-bond donors (Lipinski definition) is 0. The maximum atomic E-state index is 11.4. The number of benzene rings is 1. The van der Waals surface area contributed by atoms with Crippen LogP contribution >= 0.6 is 11.8 Å². The van der Waals surface area contributed by atoms with Gasteiger partial charge in [0.15, 0.2) is 0 Å². The van der Waals surface area contributed by atoms with Gasteiger partial charge in [0.1, 0.15) is 5.03 Å².